The highest BCUT2D eigenvalue weighted by atomic mass is 35.5. The highest BCUT2D eigenvalue weighted by Crippen LogP contribution is 2.39. The van der Waals surface area contributed by atoms with Gasteiger partial charge in [-0.2, -0.15) is 13.2 Å². The van der Waals surface area contributed by atoms with E-state index in [-0.39, 0.29) is 15.6 Å². The van der Waals surface area contributed by atoms with E-state index in [1.54, 1.807) is 0 Å². The van der Waals surface area contributed by atoms with Gasteiger partial charge in [0.1, 0.15) is 0 Å². The molecule has 8 heteroatoms. The minimum absolute atomic E-state index is 0.0587. The van der Waals surface area contributed by atoms with Crippen LogP contribution < -0.4 is 0 Å². The van der Waals surface area contributed by atoms with Crippen LogP contribution in [0.25, 0.3) is 0 Å². The van der Waals surface area contributed by atoms with Crippen molar-refractivity contribution in [1.82, 2.24) is 0 Å². The summed E-state index contributed by atoms with van der Waals surface area (Å²) in [6.07, 6.45) is -4.73. The van der Waals surface area contributed by atoms with Crippen molar-refractivity contribution < 1.29 is 13.2 Å². The van der Waals surface area contributed by atoms with Crippen LogP contribution in [0.4, 0.5) is 13.2 Å². The minimum Gasteiger partial charge on any atom is -0.172 e. The zero-order chi connectivity index (χ0) is 12.6. The Balaban J connectivity index is 3.34. The van der Waals surface area contributed by atoms with E-state index in [2.05, 4.69) is 0 Å². The Hall–Kier alpha value is -0.215. The van der Waals surface area contributed by atoms with Gasteiger partial charge in [-0.15, -0.1) is 0 Å². The van der Waals surface area contributed by atoms with Gasteiger partial charge in [0.15, 0.2) is 0 Å². The van der Waals surface area contributed by atoms with Crippen molar-refractivity contribution in [2.45, 2.75) is 11.4 Å². The third-order valence-corrected chi connectivity index (χ3v) is 2.51. The standard InChI is InChI=1S/C8H3B3Cl2F3/c9-7(11-10,8(14,15)16)4-1-5(12)3-6(13)2-4/h1-3H. The molecule has 0 N–H and O–H groups in total. The van der Waals surface area contributed by atoms with Gasteiger partial charge in [-0.25, -0.2) is 0 Å². The summed E-state index contributed by atoms with van der Waals surface area (Å²) in [7, 11) is 10.5. The Morgan fingerprint density at radius 1 is 1.06 bits per heavy atom. The molecule has 0 heterocycles. The van der Waals surface area contributed by atoms with Gasteiger partial charge in [-0.1, -0.05) is 23.2 Å². The van der Waals surface area contributed by atoms with Crippen LogP contribution in [0.5, 0.6) is 0 Å². The third kappa shape index (κ3) is 2.54. The van der Waals surface area contributed by atoms with Gasteiger partial charge in [0.05, 0.1) is 15.0 Å². The van der Waals surface area contributed by atoms with E-state index < -0.39 is 11.4 Å². The molecule has 5 radical (unpaired) electrons. The summed E-state index contributed by atoms with van der Waals surface area (Å²) >= 11 is 11.2. The van der Waals surface area contributed by atoms with E-state index in [1.165, 1.54) is 6.07 Å². The summed E-state index contributed by atoms with van der Waals surface area (Å²) in [6.45, 7) is 0. The van der Waals surface area contributed by atoms with E-state index in [1.807, 2.05) is 0 Å². The van der Waals surface area contributed by atoms with Crippen LogP contribution in [0.15, 0.2) is 18.2 Å². The molecule has 0 saturated heterocycles. The second-order valence-electron chi connectivity index (χ2n) is 3.19. The molecule has 0 nitrogen and oxygen atoms in total. The van der Waals surface area contributed by atoms with E-state index in [9.17, 15) is 13.2 Å². The van der Waals surface area contributed by atoms with Crippen molar-refractivity contribution in [3.63, 3.8) is 0 Å². The monoisotopic (exact) mass is 259 g/mol. The molecule has 79 valence electrons. The Bertz CT molecular complexity index is 376. The van der Waals surface area contributed by atoms with Crippen LogP contribution in [0.3, 0.4) is 0 Å². The molecule has 0 aromatic heterocycles. The van der Waals surface area contributed by atoms with E-state index >= 15 is 0 Å². The Labute approximate surface area is 105 Å². The van der Waals surface area contributed by atoms with Crippen LogP contribution in [0.1, 0.15) is 5.56 Å². The molecule has 0 aliphatic carbocycles. The van der Waals surface area contributed by atoms with Crippen molar-refractivity contribution in [1.29, 1.82) is 0 Å². The molecule has 0 fully saturated rings. The van der Waals surface area contributed by atoms with Crippen LogP contribution >= 0.6 is 23.2 Å². The SMILES string of the molecule is [B][B]C([B])(c1cc(Cl)cc(Cl)c1)C(F)(F)F. The summed E-state index contributed by atoms with van der Waals surface area (Å²) in [4.78, 5) is 0. The Kier molecular flexibility index (Phi) is 3.96. The number of benzene rings is 1. The van der Waals surface area contributed by atoms with Crippen LogP contribution in [-0.4, -0.2) is 28.9 Å². The second-order valence-corrected chi connectivity index (χ2v) is 4.06. The fourth-order valence-electron chi connectivity index (χ4n) is 1.15. The average molecular weight is 259 g/mol. The fourth-order valence-corrected chi connectivity index (χ4v) is 1.67. The first-order valence-corrected chi connectivity index (χ1v) is 4.84. The van der Waals surface area contributed by atoms with Gasteiger partial charge in [0.25, 0.3) is 0 Å². The lowest BCUT2D eigenvalue weighted by Crippen LogP contribution is -2.48. The lowest BCUT2D eigenvalue weighted by molar-refractivity contribution is -0.144. The molecule has 1 aromatic carbocycles. The maximum atomic E-state index is 12.7. The largest absolute Gasteiger partial charge is 0.383 e. The van der Waals surface area contributed by atoms with Crippen molar-refractivity contribution in [3.05, 3.63) is 33.8 Å². The molecule has 1 rings (SSSR count). The summed E-state index contributed by atoms with van der Waals surface area (Å²) in [5, 5.41) is -2.64. The predicted octanol–water partition coefficient (Wildman–Crippen LogP) is 2.66. The maximum Gasteiger partial charge on any atom is 0.383 e. The molecular weight excluding hydrogens is 256 g/mol. The van der Waals surface area contributed by atoms with Crippen LogP contribution in [-0.2, 0) is 5.21 Å². The summed E-state index contributed by atoms with van der Waals surface area (Å²) < 4.78 is 38.2. The van der Waals surface area contributed by atoms with Gasteiger partial charge in [-0.05, 0) is 23.8 Å². The molecular formula is C8H3B3Cl2F3. The Morgan fingerprint density at radius 2 is 1.50 bits per heavy atom. The summed E-state index contributed by atoms with van der Waals surface area (Å²) in [6, 6.07) is 3.45. The maximum absolute atomic E-state index is 12.7. The topological polar surface area (TPSA) is 0 Å². The Morgan fingerprint density at radius 3 is 1.81 bits per heavy atom. The van der Waals surface area contributed by atoms with Gasteiger partial charge >= 0.3 is 6.18 Å². The summed E-state index contributed by atoms with van der Waals surface area (Å²) in [5.74, 6) is 0. The molecule has 0 spiro atoms. The number of hydrogen-bond acceptors (Lipinski definition) is 0. The van der Waals surface area contributed by atoms with Gasteiger partial charge in [0.2, 0.25) is 0 Å². The van der Waals surface area contributed by atoms with Gasteiger partial charge < -0.3 is 0 Å². The number of hydrogen-bond donors (Lipinski definition) is 0. The number of halogens is 5. The molecule has 0 aliphatic rings. The molecule has 16 heavy (non-hydrogen) atoms. The van der Waals surface area contributed by atoms with Gasteiger partial charge in [0, 0.05) is 23.0 Å². The highest BCUT2D eigenvalue weighted by Gasteiger charge is 2.49. The predicted molar refractivity (Wildman–Crippen MR) is 61.5 cm³/mol. The lowest BCUT2D eigenvalue weighted by atomic mass is 9.30. The smallest absolute Gasteiger partial charge is 0.172 e. The van der Waals surface area contributed by atoms with Crippen molar-refractivity contribution in [2.75, 3.05) is 0 Å². The minimum atomic E-state index is -4.73. The van der Waals surface area contributed by atoms with Gasteiger partial charge in [-0.3, -0.25) is 0 Å². The van der Waals surface area contributed by atoms with Crippen LogP contribution in [0.2, 0.25) is 10.0 Å². The van der Waals surface area contributed by atoms with E-state index in [0.717, 1.165) is 12.1 Å². The van der Waals surface area contributed by atoms with Crippen molar-refractivity contribution >= 4 is 46.0 Å². The fraction of sp³-hybridized carbons (Fsp3) is 0.250. The second kappa shape index (κ2) is 4.57. The third-order valence-electron chi connectivity index (χ3n) is 2.07. The first-order chi connectivity index (χ1) is 7.20. The first-order valence-electron chi connectivity index (χ1n) is 4.09. The van der Waals surface area contributed by atoms with E-state index in [4.69, 9.17) is 38.8 Å². The molecule has 0 aliphatic heterocycles. The average Bonchev–Trinajstić information content (AvgIpc) is 2.13. The molecule has 1 unspecified atom stereocenters. The number of alkyl halides is 3. The molecule has 0 bridgehead atoms. The quantitative estimate of drug-likeness (QED) is 0.716. The number of rotatable bonds is 2. The molecule has 0 saturated carbocycles. The lowest BCUT2D eigenvalue weighted by Gasteiger charge is -2.32. The zero-order valence-corrected chi connectivity index (χ0v) is 9.37. The molecule has 1 aromatic rings. The van der Waals surface area contributed by atoms with Crippen molar-refractivity contribution in [3.8, 4) is 0 Å². The molecule has 1 atom stereocenters. The highest BCUT2D eigenvalue weighted by molar-refractivity contribution is 6.94. The van der Waals surface area contributed by atoms with Crippen LogP contribution in [0, 0.1) is 0 Å². The molecule has 0 amide bonds. The first kappa shape index (κ1) is 13.8. The van der Waals surface area contributed by atoms with E-state index in [0.29, 0.717) is 7.17 Å². The zero-order valence-electron chi connectivity index (χ0n) is 7.85. The van der Waals surface area contributed by atoms with Crippen molar-refractivity contribution in [2.24, 2.45) is 0 Å². The summed E-state index contributed by atoms with van der Waals surface area (Å²) in [5.41, 5.74) is -0.306. The normalized spacial score (nSPS) is 15.6.